The first-order valence-corrected chi connectivity index (χ1v) is 8.90. The molecule has 0 saturated heterocycles. The number of benzene rings is 3. The summed E-state index contributed by atoms with van der Waals surface area (Å²) in [5.41, 5.74) is 5.57. The summed E-state index contributed by atoms with van der Waals surface area (Å²) < 4.78 is 2.04. The van der Waals surface area contributed by atoms with Gasteiger partial charge >= 0.3 is 0 Å². The third kappa shape index (κ3) is 2.39. The van der Waals surface area contributed by atoms with Crippen molar-refractivity contribution in [2.75, 3.05) is 0 Å². The predicted octanol–water partition coefficient (Wildman–Crippen LogP) is 6.47. The molecule has 0 bridgehead atoms. The van der Waals surface area contributed by atoms with E-state index in [4.69, 9.17) is 16.7 Å². The van der Waals surface area contributed by atoms with Gasteiger partial charge in [0.2, 0.25) is 0 Å². The zero-order chi connectivity index (χ0) is 17.5. The second kappa shape index (κ2) is 6.01. The van der Waals surface area contributed by atoms with E-state index in [2.05, 4.69) is 54.6 Å². The molecule has 0 aliphatic heterocycles. The minimum absolute atomic E-state index is 0.733. The van der Waals surface area contributed by atoms with Gasteiger partial charge in [0.25, 0.3) is 0 Å². The lowest BCUT2D eigenvalue weighted by Gasteiger charge is -2.10. The van der Waals surface area contributed by atoms with Crippen molar-refractivity contribution in [3.63, 3.8) is 0 Å². The summed E-state index contributed by atoms with van der Waals surface area (Å²) in [6, 6.07) is 29.0. The van der Waals surface area contributed by atoms with Crippen LogP contribution in [0.5, 0.6) is 0 Å². The number of pyridine rings is 1. The van der Waals surface area contributed by atoms with Crippen LogP contribution in [0.3, 0.4) is 0 Å². The van der Waals surface area contributed by atoms with E-state index in [1.165, 1.54) is 16.3 Å². The topological polar surface area (TPSA) is 17.3 Å². The van der Waals surface area contributed by atoms with Gasteiger partial charge in [-0.15, -0.1) is 0 Å². The molecule has 0 unspecified atom stereocenters. The maximum absolute atomic E-state index is 6.07. The van der Waals surface area contributed by atoms with Crippen LogP contribution < -0.4 is 0 Å². The maximum Gasteiger partial charge on any atom is 0.0825 e. The fourth-order valence-electron chi connectivity index (χ4n) is 3.49. The quantitative estimate of drug-likeness (QED) is 0.355. The molecule has 2 aromatic heterocycles. The van der Waals surface area contributed by atoms with Gasteiger partial charge in [0.05, 0.1) is 17.4 Å². The van der Waals surface area contributed by atoms with Crippen molar-refractivity contribution in [3.05, 3.63) is 96.1 Å². The van der Waals surface area contributed by atoms with E-state index in [-0.39, 0.29) is 0 Å². The standard InChI is InChI=1S/C23H15ClN2/c24-19-12-10-17(11-13-19)22-14-18-8-4-5-9-20(18)23-21(15-25-26(22)23)16-6-2-1-3-7-16/h1-15H. The third-order valence-corrected chi connectivity index (χ3v) is 4.98. The summed E-state index contributed by atoms with van der Waals surface area (Å²) >= 11 is 6.07. The maximum atomic E-state index is 6.07. The van der Waals surface area contributed by atoms with Crippen LogP contribution in [-0.2, 0) is 0 Å². The summed E-state index contributed by atoms with van der Waals surface area (Å²) in [4.78, 5) is 0. The van der Waals surface area contributed by atoms with Gasteiger partial charge in [0.15, 0.2) is 0 Å². The van der Waals surface area contributed by atoms with Crippen LogP contribution in [0, 0.1) is 0 Å². The second-order valence-electron chi connectivity index (χ2n) is 6.31. The van der Waals surface area contributed by atoms with E-state index in [1.54, 1.807) is 0 Å². The molecule has 0 N–H and O–H groups in total. The summed E-state index contributed by atoms with van der Waals surface area (Å²) in [5, 5.41) is 7.85. The molecule has 26 heavy (non-hydrogen) atoms. The Kier molecular flexibility index (Phi) is 3.51. The largest absolute Gasteiger partial charge is 0.232 e. The van der Waals surface area contributed by atoms with Crippen molar-refractivity contribution < 1.29 is 0 Å². The van der Waals surface area contributed by atoms with Crippen LogP contribution in [0.1, 0.15) is 0 Å². The lowest BCUT2D eigenvalue weighted by Crippen LogP contribution is -1.95. The average molecular weight is 355 g/mol. The normalized spacial score (nSPS) is 11.3. The minimum Gasteiger partial charge on any atom is -0.232 e. The molecule has 3 heteroatoms. The summed E-state index contributed by atoms with van der Waals surface area (Å²) in [5.74, 6) is 0. The fourth-order valence-corrected chi connectivity index (χ4v) is 3.62. The molecule has 2 nitrogen and oxygen atoms in total. The van der Waals surface area contributed by atoms with Gasteiger partial charge < -0.3 is 0 Å². The molecule has 0 fully saturated rings. The molecule has 0 spiro atoms. The van der Waals surface area contributed by atoms with Gasteiger partial charge in [-0.05, 0) is 29.1 Å². The average Bonchev–Trinajstić information content (AvgIpc) is 3.14. The Hall–Kier alpha value is -3.10. The molecule has 0 atom stereocenters. The molecule has 0 aliphatic rings. The number of hydrogen-bond donors (Lipinski definition) is 0. The van der Waals surface area contributed by atoms with Gasteiger partial charge in [-0.25, -0.2) is 4.52 Å². The van der Waals surface area contributed by atoms with Gasteiger partial charge in [0.1, 0.15) is 0 Å². The third-order valence-electron chi connectivity index (χ3n) is 4.73. The molecule has 0 radical (unpaired) electrons. The lowest BCUT2D eigenvalue weighted by molar-refractivity contribution is 0.975. The van der Waals surface area contributed by atoms with Crippen LogP contribution in [-0.4, -0.2) is 9.61 Å². The van der Waals surface area contributed by atoms with Crippen molar-refractivity contribution >= 4 is 27.9 Å². The minimum atomic E-state index is 0.733. The molecule has 0 amide bonds. The van der Waals surface area contributed by atoms with Gasteiger partial charge in [-0.3, -0.25) is 0 Å². The molecular formula is C23H15ClN2. The Morgan fingerprint density at radius 3 is 2.27 bits per heavy atom. The molecule has 5 rings (SSSR count). The monoisotopic (exact) mass is 354 g/mol. The molecule has 124 valence electrons. The Morgan fingerprint density at radius 2 is 1.46 bits per heavy atom. The molecule has 5 aromatic rings. The van der Waals surface area contributed by atoms with Crippen LogP contribution >= 0.6 is 11.6 Å². The van der Waals surface area contributed by atoms with Crippen molar-refractivity contribution in [1.82, 2.24) is 9.61 Å². The van der Waals surface area contributed by atoms with E-state index in [0.717, 1.165) is 27.4 Å². The first-order valence-electron chi connectivity index (χ1n) is 8.52. The van der Waals surface area contributed by atoms with Crippen LogP contribution in [0.4, 0.5) is 0 Å². The zero-order valence-corrected chi connectivity index (χ0v) is 14.7. The summed E-state index contributed by atoms with van der Waals surface area (Å²) in [6.45, 7) is 0. The van der Waals surface area contributed by atoms with E-state index >= 15 is 0 Å². The Morgan fingerprint density at radius 1 is 0.731 bits per heavy atom. The highest BCUT2D eigenvalue weighted by molar-refractivity contribution is 6.30. The SMILES string of the molecule is Clc1ccc(-c2cc3ccccc3c3c(-c4ccccc4)cnn23)cc1. The Balaban J connectivity index is 1.90. The van der Waals surface area contributed by atoms with Crippen LogP contribution in [0.2, 0.25) is 5.02 Å². The van der Waals surface area contributed by atoms with Gasteiger partial charge in [-0.2, -0.15) is 5.10 Å². The van der Waals surface area contributed by atoms with E-state index in [0.29, 0.717) is 0 Å². The fraction of sp³-hybridized carbons (Fsp3) is 0. The van der Waals surface area contributed by atoms with Crippen molar-refractivity contribution in [3.8, 4) is 22.4 Å². The lowest BCUT2D eigenvalue weighted by atomic mass is 10.0. The smallest absolute Gasteiger partial charge is 0.0825 e. The van der Waals surface area contributed by atoms with Crippen molar-refractivity contribution in [2.45, 2.75) is 0 Å². The highest BCUT2D eigenvalue weighted by Crippen LogP contribution is 2.34. The first kappa shape index (κ1) is 15.2. The number of nitrogens with zero attached hydrogens (tertiary/aromatic N) is 2. The first-order chi connectivity index (χ1) is 12.8. The predicted molar refractivity (Wildman–Crippen MR) is 109 cm³/mol. The van der Waals surface area contributed by atoms with Crippen LogP contribution in [0.25, 0.3) is 38.7 Å². The Bertz CT molecular complexity index is 1220. The van der Waals surface area contributed by atoms with Gasteiger partial charge in [-0.1, -0.05) is 78.3 Å². The molecule has 3 aromatic carbocycles. The van der Waals surface area contributed by atoms with Crippen molar-refractivity contribution in [1.29, 1.82) is 0 Å². The highest BCUT2D eigenvalue weighted by Gasteiger charge is 2.14. The molecule has 2 heterocycles. The number of hydrogen-bond acceptors (Lipinski definition) is 1. The number of rotatable bonds is 2. The second-order valence-corrected chi connectivity index (χ2v) is 6.74. The van der Waals surface area contributed by atoms with Crippen LogP contribution in [0.15, 0.2) is 91.1 Å². The van der Waals surface area contributed by atoms with Crippen molar-refractivity contribution in [2.24, 2.45) is 0 Å². The zero-order valence-electron chi connectivity index (χ0n) is 13.9. The summed E-state index contributed by atoms with van der Waals surface area (Å²) in [6.07, 6.45) is 1.95. The number of halogens is 1. The highest BCUT2D eigenvalue weighted by atomic mass is 35.5. The van der Waals surface area contributed by atoms with E-state index < -0.39 is 0 Å². The number of fused-ring (bicyclic) bond motifs is 3. The van der Waals surface area contributed by atoms with E-state index in [1.807, 2.05) is 41.0 Å². The van der Waals surface area contributed by atoms with E-state index in [9.17, 15) is 0 Å². The number of aromatic nitrogens is 2. The summed E-state index contributed by atoms with van der Waals surface area (Å²) in [7, 11) is 0. The molecule has 0 saturated carbocycles. The van der Waals surface area contributed by atoms with Gasteiger partial charge in [0, 0.05) is 21.5 Å². The molecule has 0 aliphatic carbocycles. The Labute approximate surface area is 156 Å². The molecular weight excluding hydrogens is 340 g/mol.